The number of hydrogen-bond acceptors (Lipinski definition) is 7. The van der Waals surface area contributed by atoms with Gasteiger partial charge in [-0.05, 0) is 48.7 Å². The summed E-state index contributed by atoms with van der Waals surface area (Å²) in [4.78, 5) is 37.3. The molecule has 1 aliphatic rings. The van der Waals surface area contributed by atoms with E-state index in [-0.39, 0.29) is 12.3 Å². The minimum absolute atomic E-state index is 0.0762. The Labute approximate surface area is 192 Å². The van der Waals surface area contributed by atoms with Crippen LogP contribution in [0.25, 0.3) is 0 Å². The number of benzene rings is 2. The molecule has 0 aliphatic carbocycles. The van der Waals surface area contributed by atoms with Crippen molar-refractivity contribution in [3.05, 3.63) is 53.6 Å². The highest BCUT2D eigenvalue weighted by Gasteiger charge is 2.24. The van der Waals surface area contributed by atoms with Crippen LogP contribution in [0.4, 0.5) is 5.69 Å². The maximum absolute atomic E-state index is 13.0. The molecule has 33 heavy (non-hydrogen) atoms. The van der Waals surface area contributed by atoms with Gasteiger partial charge in [0.25, 0.3) is 11.8 Å². The van der Waals surface area contributed by atoms with Gasteiger partial charge in [0.15, 0.2) is 11.5 Å². The Morgan fingerprint density at radius 2 is 1.85 bits per heavy atom. The zero-order valence-corrected chi connectivity index (χ0v) is 18.9. The second-order valence-corrected chi connectivity index (χ2v) is 7.49. The van der Waals surface area contributed by atoms with Gasteiger partial charge < -0.3 is 29.6 Å². The molecular weight excluding hydrogens is 428 g/mol. The van der Waals surface area contributed by atoms with E-state index in [0.29, 0.717) is 41.3 Å². The van der Waals surface area contributed by atoms with Crippen molar-refractivity contribution in [3.8, 4) is 11.5 Å². The molecule has 176 valence electrons. The second-order valence-electron chi connectivity index (χ2n) is 7.49. The fourth-order valence-corrected chi connectivity index (χ4v) is 3.56. The first-order valence-corrected chi connectivity index (χ1v) is 10.6. The van der Waals surface area contributed by atoms with Gasteiger partial charge in [0.1, 0.15) is 6.10 Å². The van der Waals surface area contributed by atoms with Gasteiger partial charge in [-0.3, -0.25) is 14.4 Å². The molecule has 0 aromatic heterocycles. The zero-order chi connectivity index (χ0) is 23.8. The molecule has 2 unspecified atom stereocenters. The average molecular weight is 456 g/mol. The summed E-state index contributed by atoms with van der Waals surface area (Å²) in [5.41, 5.74) is 1.46. The Balaban J connectivity index is 1.78. The summed E-state index contributed by atoms with van der Waals surface area (Å²) < 4.78 is 20.8. The first-order valence-electron chi connectivity index (χ1n) is 10.6. The minimum atomic E-state index is -0.671. The van der Waals surface area contributed by atoms with Gasteiger partial charge in [-0.25, -0.2) is 0 Å². The van der Waals surface area contributed by atoms with E-state index in [1.807, 2.05) is 0 Å². The lowest BCUT2D eigenvalue weighted by atomic mass is 10.0. The standard InChI is InChI=1S/C24H28N2O7/c1-30-19-10-9-15(13-21(19)31-2)18(14-22(27)32-3)26-23(28)16-6-4-7-17(12-16)25-24(29)20-8-5-11-33-20/h4,6-7,9-10,12-13,18,20H,5,8,11,14H2,1-3H3,(H,25,29)(H,26,28). The molecule has 2 N–H and O–H groups in total. The Hall–Kier alpha value is -3.59. The summed E-state index contributed by atoms with van der Waals surface area (Å²) in [6, 6.07) is 11.0. The molecule has 0 saturated carbocycles. The molecule has 1 heterocycles. The third-order valence-electron chi connectivity index (χ3n) is 5.33. The van der Waals surface area contributed by atoms with Crippen LogP contribution < -0.4 is 20.1 Å². The number of anilines is 1. The predicted molar refractivity (Wildman–Crippen MR) is 120 cm³/mol. The van der Waals surface area contributed by atoms with Gasteiger partial charge in [0.2, 0.25) is 0 Å². The fraction of sp³-hybridized carbons (Fsp3) is 0.375. The molecule has 3 rings (SSSR count). The van der Waals surface area contributed by atoms with Crippen molar-refractivity contribution in [3.63, 3.8) is 0 Å². The van der Waals surface area contributed by atoms with Crippen LogP contribution in [0.15, 0.2) is 42.5 Å². The Kier molecular flexibility index (Phi) is 8.26. The Bertz CT molecular complexity index is 1000. The number of methoxy groups -OCH3 is 3. The molecule has 0 bridgehead atoms. The van der Waals surface area contributed by atoms with Gasteiger partial charge in [0.05, 0.1) is 33.8 Å². The second kappa shape index (κ2) is 11.3. The third-order valence-corrected chi connectivity index (χ3v) is 5.33. The van der Waals surface area contributed by atoms with Crippen LogP contribution in [0, 0.1) is 0 Å². The summed E-state index contributed by atoms with van der Waals surface area (Å²) in [5.74, 6) is -0.129. The van der Waals surface area contributed by atoms with Crippen molar-refractivity contribution < 1.29 is 33.3 Å². The van der Waals surface area contributed by atoms with Crippen LogP contribution in [0.5, 0.6) is 11.5 Å². The van der Waals surface area contributed by atoms with E-state index in [2.05, 4.69) is 10.6 Å². The van der Waals surface area contributed by atoms with Crippen molar-refractivity contribution in [2.75, 3.05) is 33.3 Å². The van der Waals surface area contributed by atoms with Gasteiger partial charge in [0, 0.05) is 17.9 Å². The topological polar surface area (TPSA) is 112 Å². The van der Waals surface area contributed by atoms with Gasteiger partial charge in [-0.2, -0.15) is 0 Å². The Morgan fingerprint density at radius 3 is 2.52 bits per heavy atom. The lowest BCUT2D eigenvalue weighted by molar-refractivity contribution is -0.141. The number of hydrogen-bond donors (Lipinski definition) is 2. The highest BCUT2D eigenvalue weighted by Crippen LogP contribution is 2.31. The van der Waals surface area contributed by atoms with Crippen LogP contribution >= 0.6 is 0 Å². The summed E-state index contributed by atoms with van der Waals surface area (Å²) in [5, 5.41) is 5.65. The Morgan fingerprint density at radius 1 is 1.06 bits per heavy atom. The number of carbonyl (C=O) groups excluding carboxylic acids is 3. The van der Waals surface area contributed by atoms with Crippen molar-refractivity contribution in [1.82, 2.24) is 5.32 Å². The van der Waals surface area contributed by atoms with Crippen LogP contribution in [0.1, 0.15) is 41.2 Å². The number of amides is 2. The van der Waals surface area contributed by atoms with Crippen LogP contribution in [-0.2, 0) is 19.1 Å². The number of carbonyl (C=O) groups is 3. The fourth-order valence-electron chi connectivity index (χ4n) is 3.56. The molecule has 1 aliphatic heterocycles. The molecule has 2 aromatic rings. The van der Waals surface area contributed by atoms with E-state index >= 15 is 0 Å². The summed E-state index contributed by atoms with van der Waals surface area (Å²) in [6.07, 6.45) is 0.967. The SMILES string of the molecule is COC(=O)CC(NC(=O)c1cccc(NC(=O)C2CCCO2)c1)c1ccc(OC)c(OC)c1. The number of esters is 1. The normalized spacial score (nSPS) is 15.9. The van der Waals surface area contributed by atoms with E-state index < -0.39 is 24.0 Å². The molecule has 9 nitrogen and oxygen atoms in total. The number of rotatable bonds is 9. The predicted octanol–water partition coefficient (Wildman–Crippen LogP) is 2.86. The van der Waals surface area contributed by atoms with E-state index in [1.165, 1.54) is 21.3 Å². The lowest BCUT2D eigenvalue weighted by Crippen LogP contribution is -2.31. The molecule has 1 saturated heterocycles. The van der Waals surface area contributed by atoms with Crippen molar-refractivity contribution in [2.24, 2.45) is 0 Å². The van der Waals surface area contributed by atoms with E-state index in [9.17, 15) is 14.4 Å². The average Bonchev–Trinajstić information content (AvgIpc) is 3.38. The number of nitrogens with one attached hydrogen (secondary N) is 2. The minimum Gasteiger partial charge on any atom is -0.493 e. The van der Waals surface area contributed by atoms with E-state index in [0.717, 1.165) is 6.42 Å². The van der Waals surface area contributed by atoms with Crippen LogP contribution in [0.2, 0.25) is 0 Å². The summed E-state index contributed by atoms with van der Waals surface area (Å²) in [6.45, 7) is 0.568. The largest absolute Gasteiger partial charge is 0.493 e. The van der Waals surface area contributed by atoms with Crippen molar-refractivity contribution >= 4 is 23.5 Å². The summed E-state index contributed by atoms with van der Waals surface area (Å²) >= 11 is 0. The monoisotopic (exact) mass is 456 g/mol. The van der Waals surface area contributed by atoms with Crippen molar-refractivity contribution in [2.45, 2.75) is 31.4 Å². The first kappa shape index (κ1) is 24.1. The number of ether oxygens (including phenoxy) is 4. The zero-order valence-electron chi connectivity index (χ0n) is 18.9. The third kappa shape index (κ3) is 6.23. The highest BCUT2D eigenvalue weighted by atomic mass is 16.5. The van der Waals surface area contributed by atoms with Gasteiger partial charge >= 0.3 is 5.97 Å². The molecule has 2 atom stereocenters. The molecule has 0 spiro atoms. The highest BCUT2D eigenvalue weighted by molar-refractivity contribution is 5.98. The van der Waals surface area contributed by atoms with Crippen LogP contribution in [-0.4, -0.2) is 51.8 Å². The molecule has 0 radical (unpaired) electrons. The smallest absolute Gasteiger partial charge is 0.307 e. The molecule has 1 fully saturated rings. The lowest BCUT2D eigenvalue weighted by Gasteiger charge is -2.20. The van der Waals surface area contributed by atoms with Crippen LogP contribution in [0.3, 0.4) is 0 Å². The van der Waals surface area contributed by atoms with E-state index in [1.54, 1.807) is 42.5 Å². The molecular formula is C24H28N2O7. The maximum atomic E-state index is 13.0. The first-order chi connectivity index (χ1) is 15.9. The van der Waals surface area contributed by atoms with Crippen molar-refractivity contribution in [1.29, 1.82) is 0 Å². The van der Waals surface area contributed by atoms with Gasteiger partial charge in [-0.1, -0.05) is 12.1 Å². The van der Waals surface area contributed by atoms with E-state index in [4.69, 9.17) is 18.9 Å². The molecule has 9 heteroatoms. The molecule has 2 amide bonds. The van der Waals surface area contributed by atoms with Gasteiger partial charge in [-0.15, -0.1) is 0 Å². The quantitative estimate of drug-likeness (QED) is 0.558. The maximum Gasteiger partial charge on any atom is 0.307 e. The summed E-state index contributed by atoms with van der Waals surface area (Å²) in [7, 11) is 4.32. The molecule has 2 aromatic carbocycles.